The molecule has 0 bridgehead atoms. The van der Waals surface area contributed by atoms with Crippen LogP contribution in [0.4, 0.5) is 11.6 Å². The number of hydrogen-bond acceptors (Lipinski definition) is 8. The zero-order chi connectivity index (χ0) is 26.1. The molecule has 0 radical (unpaired) electrons. The van der Waals surface area contributed by atoms with Crippen LogP contribution in [0.25, 0.3) is 0 Å². The molecule has 10 nitrogen and oxygen atoms in total. The van der Waals surface area contributed by atoms with Crippen LogP contribution in [-0.2, 0) is 6.54 Å². The molecule has 0 fully saturated rings. The maximum atomic E-state index is 5.55. The van der Waals surface area contributed by atoms with E-state index < -0.39 is 0 Å². The lowest BCUT2D eigenvalue weighted by molar-refractivity contribution is 0.324. The number of hydrogen-bond donors (Lipinski definition) is 3. The van der Waals surface area contributed by atoms with Crippen molar-refractivity contribution in [3.05, 3.63) is 59.4 Å². The highest BCUT2D eigenvalue weighted by atomic mass is 32.1. The number of guanidine groups is 1. The summed E-state index contributed by atoms with van der Waals surface area (Å²) in [5.41, 5.74) is 3.25. The van der Waals surface area contributed by atoms with Crippen molar-refractivity contribution in [1.29, 1.82) is 0 Å². The van der Waals surface area contributed by atoms with E-state index >= 15 is 0 Å². The fraction of sp³-hybridized carbons (Fsp3) is 0.280. The van der Waals surface area contributed by atoms with Gasteiger partial charge in [0, 0.05) is 29.2 Å². The van der Waals surface area contributed by atoms with Crippen LogP contribution in [0.1, 0.15) is 17.0 Å². The lowest BCUT2D eigenvalue weighted by Gasteiger charge is -2.17. The van der Waals surface area contributed by atoms with E-state index in [1.54, 1.807) is 40.6 Å². The van der Waals surface area contributed by atoms with Gasteiger partial charge in [0.2, 0.25) is 17.7 Å². The Kier molecular flexibility index (Phi) is 9.23. The van der Waals surface area contributed by atoms with E-state index in [4.69, 9.17) is 31.2 Å². The second kappa shape index (κ2) is 12.5. The summed E-state index contributed by atoms with van der Waals surface area (Å²) in [5, 5.41) is 9.62. The molecule has 0 aliphatic rings. The van der Waals surface area contributed by atoms with Crippen LogP contribution in [0.3, 0.4) is 0 Å². The molecule has 0 aliphatic carbocycles. The number of ether oxygens (including phenoxy) is 4. The van der Waals surface area contributed by atoms with Gasteiger partial charge in [-0.1, -0.05) is 12.1 Å². The third kappa shape index (κ3) is 7.19. The second-order valence-corrected chi connectivity index (χ2v) is 8.02. The van der Waals surface area contributed by atoms with Gasteiger partial charge in [0.1, 0.15) is 5.75 Å². The zero-order valence-corrected chi connectivity index (χ0v) is 21.9. The summed E-state index contributed by atoms with van der Waals surface area (Å²) in [6.07, 6.45) is 0. The van der Waals surface area contributed by atoms with E-state index in [-0.39, 0.29) is 5.11 Å². The highest BCUT2D eigenvalue weighted by molar-refractivity contribution is 7.80. The van der Waals surface area contributed by atoms with Gasteiger partial charge in [-0.15, -0.1) is 0 Å². The van der Waals surface area contributed by atoms with Gasteiger partial charge in [-0.2, -0.15) is 0 Å². The first kappa shape index (κ1) is 26.5. The summed E-state index contributed by atoms with van der Waals surface area (Å²) in [6.45, 7) is 4.16. The fourth-order valence-electron chi connectivity index (χ4n) is 3.36. The molecule has 0 spiro atoms. The summed E-state index contributed by atoms with van der Waals surface area (Å²) < 4.78 is 21.5. The molecular weight excluding hydrogens is 480 g/mol. The highest BCUT2D eigenvalue weighted by Crippen LogP contribution is 2.39. The average Bonchev–Trinajstić information content (AvgIpc) is 2.86. The molecule has 3 N–H and O–H groups in total. The Morgan fingerprint density at radius 3 is 2.11 bits per heavy atom. The summed E-state index contributed by atoms with van der Waals surface area (Å²) >= 11 is 5.55. The van der Waals surface area contributed by atoms with Crippen molar-refractivity contribution in [2.24, 2.45) is 4.99 Å². The minimum atomic E-state index is 0.283. The van der Waals surface area contributed by atoms with Gasteiger partial charge in [-0.3, -0.25) is 5.32 Å². The van der Waals surface area contributed by atoms with Crippen LogP contribution in [0.15, 0.2) is 47.5 Å². The van der Waals surface area contributed by atoms with Crippen molar-refractivity contribution in [1.82, 2.24) is 15.3 Å². The number of nitrogens with zero attached hydrogens (tertiary/aromatic N) is 3. The van der Waals surface area contributed by atoms with Gasteiger partial charge in [0.15, 0.2) is 16.6 Å². The van der Waals surface area contributed by atoms with Crippen LogP contribution in [0.5, 0.6) is 23.0 Å². The Bertz CT molecular complexity index is 1210. The molecule has 0 unspecified atom stereocenters. The second-order valence-electron chi connectivity index (χ2n) is 7.61. The maximum Gasteiger partial charge on any atom is 0.229 e. The number of methoxy groups -OCH3 is 4. The van der Waals surface area contributed by atoms with Crippen molar-refractivity contribution < 1.29 is 18.9 Å². The minimum Gasteiger partial charge on any atom is -0.497 e. The van der Waals surface area contributed by atoms with Gasteiger partial charge in [0.25, 0.3) is 0 Å². The molecule has 1 aromatic heterocycles. The van der Waals surface area contributed by atoms with Crippen LogP contribution in [0, 0.1) is 13.8 Å². The Labute approximate surface area is 216 Å². The Hall–Kier alpha value is -4.12. The third-order valence-electron chi connectivity index (χ3n) is 4.92. The van der Waals surface area contributed by atoms with Crippen molar-refractivity contribution in [2.45, 2.75) is 20.4 Å². The van der Waals surface area contributed by atoms with Crippen molar-refractivity contribution in [3.8, 4) is 23.0 Å². The maximum absolute atomic E-state index is 5.55. The number of thiocarbonyl (C=S) groups is 1. The first-order valence-corrected chi connectivity index (χ1v) is 11.4. The molecule has 190 valence electrons. The predicted octanol–water partition coefficient (Wildman–Crippen LogP) is 4.08. The van der Waals surface area contributed by atoms with Crippen LogP contribution >= 0.6 is 12.2 Å². The van der Waals surface area contributed by atoms with Gasteiger partial charge in [-0.05, 0) is 49.8 Å². The van der Waals surface area contributed by atoms with E-state index in [0.717, 1.165) is 22.7 Å². The summed E-state index contributed by atoms with van der Waals surface area (Å²) in [4.78, 5) is 13.5. The molecule has 0 amide bonds. The first-order valence-electron chi connectivity index (χ1n) is 11.0. The molecule has 3 aromatic rings. The zero-order valence-electron chi connectivity index (χ0n) is 21.1. The number of aliphatic imine (C=N–C) groups is 1. The molecule has 0 saturated carbocycles. The Balaban J connectivity index is 1.84. The molecule has 3 rings (SSSR count). The summed E-state index contributed by atoms with van der Waals surface area (Å²) in [5.74, 6) is 3.00. The van der Waals surface area contributed by atoms with Crippen molar-refractivity contribution in [3.63, 3.8) is 0 Å². The van der Waals surface area contributed by atoms with Crippen LogP contribution in [-0.4, -0.2) is 49.5 Å². The third-order valence-corrected chi connectivity index (χ3v) is 5.13. The van der Waals surface area contributed by atoms with Crippen LogP contribution in [0.2, 0.25) is 0 Å². The molecule has 2 aromatic carbocycles. The highest BCUT2D eigenvalue weighted by Gasteiger charge is 2.14. The minimum absolute atomic E-state index is 0.283. The largest absolute Gasteiger partial charge is 0.497 e. The standard InChI is InChI=1S/C25H30N6O4S/c1-15-10-16(2)28-24(27-15)30-23(26-14-17-8-7-9-19(11-17)32-3)31-25(36)29-18-12-20(33-4)22(35-6)21(13-18)34-5/h7-13H,14H2,1-6H3,(H3,26,27,28,29,30,31,36). The van der Waals surface area contributed by atoms with E-state index in [1.165, 1.54) is 0 Å². The molecule has 1 heterocycles. The normalized spacial score (nSPS) is 10.9. The number of aryl methyl sites for hydroxylation is 2. The Morgan fingerprint density at radius 1 is 0.861 bits per heavy atom. The summed E-state index contributed by atoms with van der Waals surface area (Å²) in [7, 11) is 6.27. The van der Waals surface area contributed by atoms with Crippen LogP contribution < -0.4 is 34.9 Å². The molecular formula is C25H30N6O4S. The van der Waals surface area contributed by atoms with E-state index in [1.807, 2.05) is 44.2 Å². The number of aromatic nitrogens is 2. The SMILES string of the molecule is COc1cccc(CN=C(NC(=S)Nc2cc(OC)c(OC)c(OC)c2)Nc2nc(C)cc(C)n2)c1. The fourth-order valence-corrected chi connectivity index (χ4v) is 3.58. The van der Waals surface area contributed by atoms with Gasteiger partial charge in [-0.25, -0.2) is 15.0 Å². The monoisotopic (exact) mass is 510 g/mol. The van der Waals surface area contributed by atoms with Gasteiger partial charge < -0.3 is 29.6 Å². The lowest BCUT2D eigenvalue weighted by atomic mass is 10.2. The summed E-state index contributed by atoms with van der Waals surface area (Å²) in [6, 6.07) is 13.1. The number of nitrogens with one attached hydrogen (secondary N) is 3. The van der Waals surface area contributed by atoms with Gasteiger partial charge >= 0.3 is 0 Å². The molecule has 0 aliphatic heterocycles. The Morgan fingerprint density at radius 2 is 1.53 bits per heavy atom. The topological polar surface area (TPSA) is 111 Å². The predicted molar refractivity (Wildman–Crippen MR) is 145 cm³/mol. The van der Waals surface area contributed by atoms with Crippen molar-refractivity contribution in [2.75, 3.05) is 39.1 Å². The molecule has 36 heavy (non-hydrogen) atoms. The number of anilines is 2. The first-order chi connectivity index (χ1) is 17.3. The van der Waals surface area contributed by atoms with E-state index in [0.29, 0.717) is 41.4 Å². The van der Waals surface area contributed by atoms with E-state index in [2.05, 4.69) is 30.9 Å². The average molecular weight is 511 g/mol. The molecule has 0 saturated heterocycles. The lowest BCUT2D eigenvalue weighted by Crippen LogP contribution is -2.39. The number of benzene rings is 2. The van der Waals surface area contributed by atoms with Gasteiger partial charge in [0.05, 0.1) is 35.0 Å². The quantitative estimate of drug-likeness (QED) is 0.233. The molecule has 0 atom stereocenters. The van der Waals surface area contributed by atoms with Crippen molar-refractivity contribution >= 4 is 34.9 Å². The molecule has 11 heteroatoms. The number of rotatable bonds is 8. The smallest absolute Gasteiger partial charge is 0.229 e. The van der Waals surface area contributed by atoms with E-state index in [9.17, 15) is 0 Å².